The second-order valence-electron chi connectivity index (χ2n) is 5.06. The number of rotatable bonds is 9. The summed E-state index contributed by atoms with van der Waals surface area (Å²) in [6, 6.07) is 0. The van der Waals surface area contributed by atoms with Crippen LogP contribution in [-0.4, -0.2) is 31.5 Å². The number of halogens is 2. The van der Waals surface area contributed by atoms with Crippen molar-refractivity contribution in [3.63, 3.8) is 0 Å². The molecule has 0 spiro atoms. The van der Waals surface area contributed by atoms with Crippen molar-refractivity contribution >= 4 is 16.5 Å². The minimum atomic E-state index is -2.34. The van der Waals surface area contributed by atoms with Crippen molar-refractivity contribution in [3.05, 3.63) is 10.6 Å². The summed E-state index contributed by atoms with van der Waals surface area (Å²) in [5, 5.41) is 4.06. The van der Waals surface area contributed by atoms with Gasteiger partial charge < -0.3 is 10.2 Å². The Morgan fingerprint density at radius 3 is 2.60 bits per heavy atom. The molecule has 1 unspecified atom stereocenters. The van der Waals surface area contributed by atoms with Crippen LogP contribution in [0.5, 0.6) is 0 Å². The van der Waals surface area contributed by atoms with Crippen molar-refractivity contribution in [1.82, 2.24) is 10.3 Å². The molecule has 1 heterocycles. The molecular weight excluding hydrogens is 280 g/mol. The zero-order valence-corrected chi connectivity index (χ0v) is 13.6. The Labute approximate surface area is 124 Å². The Hall–Kier alpha value is -0.750. The maximum absolute atomic E-state index is 12.5. The highest BCUT2D eigenvalue weighted by molar-refractivity contribution is 7.15. The molecule has 1 aromatic rings. The maximum atomic E-state index is 12.5. The molecular formula is C14H25F2N3S. The molecule has 3 nitrogen and oxygen atoms in total. The SMILES string of the molecule is CCCNCc1sc(N(C)CC(F)F)nc1C(C)CC. The summed E-state index contributed by atoms with van der Waals surface area (Å²) < 4.78 is 24.9. The van der Waals surface area contributed by atoms with E-state index in [9.17, 15) is 8.78 Å². The summed E-state index contributed by atoms with van der Waals surface area (Å²) in [6.45, 7) is 7.84. The van der Waals surface area contributed by atoms with Crippen molar-refractivity contribution in [2.45, 2.75) is 52.5 Å². The van der Waals surface area contributed by atoms with Crippen LogP contribution < -0.4 is 10.2 Å². The van der Waals surface area contributed by atoms with Crippen LogP contribution in [0.4, 0.5) is 13.9 Å². The minimum absolute atomic E-state index is 0.269. The second kappa shape index (κ2) is 8.52. The lowest BCUT2D eigenvalue weighted by Gasteiger charge is -2.14. The monoisotopic (exact) mass is 305 g/mol. The summed E-state index contributed by atoms with van der Waals surface area (Å²) in [6.07, 6.45) is -0.254. The Balaban J connectivity index is 2.86. The summed E-state index contributed by atoms with van der Waals surface area (Å²) in [5.41, 5.74) is 1.05. The zero-order chi connectivity index (χ0) is 15.1. The molecule has 0 aliphatic heterocycles. The molecule has 0 fully saturated rings. The number of thiazole rings is 1. The number of aromatic nitrogens is 1. The van der Waals surface area contributed by atoms with Crippen LogP contribution in [-0.2, 0) is 6.54 Å². The molecule has 0 aliphatic rings. The van der Waals surface area contributed by atoms with E-state index < -0.39 is 6.43 Å². The fourth-order valence-corrected chi connectivity index (χ4v) is 3.00. The summed E-state index contributed by atoms with van der Waals surface area (Å²) in [4.78, 5) is 7.30. The fraction of sp³-hybridized carbons (Fsp3) is 0.786. The summed E-state index contributed by atoms with van der Waals surface area (Å²) in [5.74, 6) is 0.360. The number of nitrogens with zero attached hydrogens (tertiary/aromatic N) is 2. The highest BCUT2D eigenvalue weighted by Gasteiger charge is 2.19. The molecule has 1 atom stereocenters. The quantitative estimate of drug-likeness (QED) is 0.702. The first kappa shape index (κ1) is 17.3. The molecule has 0 aliphatic carbocycles. The van der Waals surface area contributed by atoms with Crippen LogP contribution in [0.15, 0.2) is 0 Å². The molecule has 6 heteroatoms. The predicted molar refractivity (Wildman–Crippen MR) is 82.1 cm³/mol. The highest BCUT2D eigenvalue weighted by Crippen LogP contribution is 2.31. The molecule has 1 aromatic heterocycles. The van der Waals surface area contributed by atoms with Crippen molar-refractivity contribution in [2.24, 2.45) is 0 Å². The molecule has 0 amide bonds. The number of anilines is 1. The van der Waals surface area contributed by atoms with Gasteiger partial charge in [-0.05, 0) is 25.3 Å². The third-order valence-electron chi connectivity index (χ3n) is 3.25. The smallest absolute Gasteiger partial charge is 0.255 e. The zero-order valence-electron chi connectivity index (χ0n) is 12.7. The summed E-state index contributed by atoms with van der Waals surface area (Å²) >= 11 is 1.52. The van der Waals surface area contributed by atoms with E-state index in [-0.39, 0.29) is 6.54 Å². The van der Waals surface area contributed by atoms with Crippen LogP contribution >= 0.6 is 11.3 Å². The number of hydrogen-bond donors (Lipinski definition) is 1. The van der Waals surface area contributed by atoms with Crippen LogP contribution in [0.2, 0.25) is 0 Å². The molecule has 1 N–H and O–H groups in total. The van der Waals surface area contributed by atoms with Gasteiger partial charge in [-0.15, -0.1) is 11.3 Å². The molecule has 0 aromatic carbocycles. The number of nitrogens with one attached hydrogen (secondary N) is 1. The van der Waals surface area contributed by atoms with Gasteiger partial charge in [-0.1, -0.05) is 20.8 Å². The minimum Gasteiger partial charge on any atom is -0.345 e. The van der Waals surface area contributed by atoms with Crippen LogP contribution in [0.25, 0.3) is 0 Å². The van der Waals surface area contributed by atoms with Crippen LogP contribution in [0, 0.1) is 0 Å². The third kappa shape index (κ3) is 4.98. The lowest BCUT2D eigenvalue weighted by atomic mass is 10.0. The van der Waals surface area contributed by atoms with E-state index in [0.29, 0.717) is 11.0 Å². The Kier molecular flexibility index (Phi) is 7.37. The predicted octanol–water partition coefficient (Wildman–Crippen LogP) is 3.86. The van der Waals surface area contributed by atoms with Crippen molar-refractivity contribution in [2.75, 3.05) is 25.0 Å². The third-order valence-corrected chi connectivity index (χ3v) is 4.43. The highest BCUT2D eigenvalue weighted by atomic mass is 32.1. The average molecular weight is 305 g/mol. The normalized spacial score (nSPS) is 12.9. The van der Waals surface area contributed by atoms with E-state index in [0.717, 1.165) is 31.6 Å². The Bertz CT molecular complexity index is 396. The number of alkyl halides is 2. The van der Waals surface area contributed by atoms with Gasteiger partial charge in [0.1, 0.15) is 0 Å². The van der Waals surface area contributed by atoms with E-state index in [1.165, 1.54) is 16.2 Å². The van der Waals surface area contributed by atoms with Gasteiger partial charge in [0.05, 0.1) is 12.2 Å². The van der Waals surface area contributed by atoms with Crippen molar-refractivity contribution in [3.8, 4) is 0 Å². The molecule has 0 saturated heterocycles. The van der Waals surface area contributed by atoms with Gasteiger partial charge in [-0.3, -0.25) is 0 Å². The van der Waals surface area contributed by atoms with E-state index in [1.807, 2.05) is 0 Å². The van der Waals surface area contributed by atoms with Crippen LogP contribution in [0.1, 0.15) is 50.1 Å². The van der Waals surface area contributed by atoms with E-state index in [1.54, 1.807) is 11.9 Å². The lowest BCUT2D eigenvalue weighted by Crippen LogP contribution is -2.23. The van der Waals surface area contributed by atoms with Gasteiger partial charge in [0.25, 0.3) is 6.43 Å². The van der Waals surface area contributed by atoms with E-state index >= 15 is 0 Å². The first-order chi connectivity index (χ1) is 9.49. The molecule has 0 bridgehead atoms. The molecule has 20 heavy (non-hydrogen) atoms. The maximum Gasteiger partial charge on any atom is 0.255 e. The molecule has 1 rings (SSSR count). The van der Waals surface area contributed by atoms with Gasteiger partial charge in [-0.2, -0.15) is 0 Å². The first-order valence-electron chi connectivity index (χ1n) is 7.19. The van der Waals surface area contributed by atoms with Crippen molar-refractivity contribution < 1.29 is 8.78 Å². The summed E-state index contributed by atoms with van der Waals surface area (Å²) in [7, 11) is 1.68. The standard InChI is InChI=1S/C14H25F2N3S/c1-5-7-17-8-11-13(10(3)6-2)18-14(20-11)19(4)9-12(15)16/h10,12,17H,5-9H2,1-4H3. The molecule has 0 radical (unpaired) electrons. The van der Waals surface area contributed by atoms with Gasteiger partial charge >= 0.3 is 0 Å². The van der Waals surface area contributed by atoms with E-state index in [2.05, 4.69) is 31.1 Å². The average Bonchev–Trinajstić information content (AvgIpc) is 2.81. The molecule has 116 valence electrons. The van der Waals surface area contributed by atoms with Gasteiger partial charge in [-0.25, -0.2) is 13.8 Å². The second-order valence-corrected chi connectivity index (χ2v) is 6.12. The largest absolute Gasteiger partial charge is 0.345 e. The van der Waals surface area contributed by atoms with Crippen molar-refractivity contribution in [1.29, 1.82) is 0 Å². The number of hydrogen-bond acceptors (Lipinski definition) is 4. The first-order valence-corrected chi connectivity index (χ1v) is 8.00. The fourth-order valence-electron chi connectivity index (χ4n) is 1.88. The Morgan fingerprint density at radius 1 is 1.35 bits per heavy atom. The molecule has 0 saturated carbocycles. The van der Waals surface area contributed by atoms with Gasteiger partial charge in [0.2, 0.25) is 0 Å². The Morgan fingerprint density at radius 2 is 2.05 bits per heavy atom. The van der Waals surface area contributed by atoms with Gasteiger partial charge in [0.15, 0.2) is 5.13 Å². The topological polar surface area (TPSA) is 28.2 Å². The van der Waals surface area contributed by atoms with Gasteiger partial charge in [0, 0.05) is 18.5 Å². The van der Waals surface area contributed by atoms with Crippen LogP contribution in [0.3, 0.4) is 0 Å². The lowest BCUT2D eigenvalue weighted by molar-refractivity contribution is 0.156. The van der Waals surface area contributed by atoms with E-state index in [4.69, 9.17) is 0 Å².